The van der Waals surface area contributed by atoms with Crippen molar-refractivity contribution in [1.29, 1.82) is 5.26 Å². The summed E-state index contributed by atoms with van der Waals surface area (Å²) >= 11 is 0. The van der Waals surface area contributed by atoms with Crippen LogP contribution in [0.1, 0.15) is 62.8 Å². The summed E-state index contributed by atoms with van der Waals surface area (Å²) < 4.78 is 5.04. The maximum Gasteiger partial charge on any atom is 0.305 e. The van der Waals surface area contributed by atoms with Crippen molar-refractivity contribution in [3.05, 3.63) is 71.0 Å². The summed E-state index contributed by atoms with van der Waals surface area (Å²) in [6.45, 7) is 8.69. The Balaban J connectivity index is 1.82. The van der Waals surface area contributed by atoms with Gasteiger partial charge in [-0.2, -0.15) is 5.26 Å². The Morgan fingerprint density at radius 1 is 1.06 bits per heavy atom. The molecule has 0 bridgehead atoms. The third-order valence-corrected chi connectivity index (χ3v) is 5.84. The molecular weight excluding hydrogens is 422 g/mol. The normalized spacial score (nSPS) is 10.8. The molecular formula is C29H33N3O2. The molecule has 0 atom stereocenters. The highest BCUT2D eigenvalue weighted by Crippen LogP contribution is 2.28. The summed E-state index contributed by atoms with van der Waals surface area (Å²) in [7, 11) is 0. The Kier molecular flexibility index (Phi) is 8.93. The number of hydrogen-bond donors (Lipinski definition) is 0. The van der Waals surface area contributed by atoms with Gasteiger partial charge in [0.05, 0.1) is 18.2 Å². The highest BCUT2D eigenvalue weighted by molar-refractivity contribution is 5.70. The van der Waals surface area contributed by atoms with E-state index in [4.69, 9.17) is 4.74 Å². The molecule has 176 valence electrons. The van der Waals surface area contributed by atoms with E-state index in [1.54, 1.807) is 0 Å². The topological polar surface area (TPSA) is 75.9 Å². The molecule has 0 unspecified atom stereocenters. The van der Waals surface area contributed by atoms with Crippen molar-refractivity contribution in [3.8, 4) is 28.6 Å². The van der Waals surface area contributed by atoms with Gasteiger partial charge in [0.15, 0.2) is 5.82 Å². The van der Waals surface area contributed by atoms with Gasteiger partial charge in [0.1, 0.15) is 0 Å². The quantitative estimate of drug-likeness (QED) is 0.334. The molecule has 2 aromatic carbocycles. The van der Waals surface area contributed by atoms with Crippen LogP contribution in [0.4, 0.5) is 0 Å². The maximum absolute atomic E-state index is 11.7. The number of hydrogen-bond acceptors (Lipinski definition) is 5. The molecule has 3 aromatic rings. The number of rotatable bonds is 10. The summed E-state index contributed by atoms with van der Waals surface area (Å²) in [6, 6.07) is 14.5. The Labute approximate surface area is 202 Å². The van der Waals surface area contributed by atoms with E-state index in [9.17, 15) is 10.1 Å². The van der Waals surface area contributed by atoms with Gasteiger partial charge in [-0.15, -0.1) is 0 Å². The largest absolute Gasteiger partial charge is 0.466 e. The minimum Gasteiger partial charge on any atom is -0.466 e. The highest BCUT2D eigenvalue weighted by atomic mass is 16.5. The molecule has 0 saturated carbocycles. The van der Waals surface area contributed by atoms with Crippen molar-refractivity contribution in [2.24, 2.45) is 5.92 Å². The van der Waals surface area contributed by atoms with Crippen molar-refractivity contribution in [3.63, 3.8) is 0 Å². The lowest BCUT2D eigenvalue weighted by Crippen LogP contribution is -2.05. The summed E-state index contributed by atoms with van der Waals surface area (Å²) in [5.41, 5.74) is 7.17. The van der Waals surface area contributed by atoms with Crippen molar-refractivity contribution in [2.75, 3.05) is 6.61 Å². The molecule has 0 amide bonds. The van der Waals surface area contributed by atoms with Crippen LogP contribution in [0.25, 0.3) is 22.5 Å². The van der Waals surface area contributed by atoms with Gasteiger partial charge in [-0.3, -0.25) is 4.79 Å². The van der Waals surface area contributed by atoms with Gasteiger partial charge in [-0.1, -0.05) is 51.1 Å². The Bertz CT molecular complexity index is 1160. The molecule has 0 aliphatic heterocycles. The van der Waals surface area contributed by atoms with Gasteiger partial charge < -0.3 is 4.74 Å². The van der Waals surface area contributed by atoms with Gasteiger partial charge in [0.2, 0.25) is 0 Å². The zero-order valence-electron chi connectivity index (χ0n) is 20.6. The number of carbonyl (C=O) groups excluding carboxylic acids is 1. The smallest absolute Gasteiger partial charge is 0.305 e. The summed E-state index contributed by atoms with van der Waals surface area (Å²) in [5.74, 6) is 0.958. The molecule has 0 aliphatic rings. The molecule has 1 heterocycles. The van der Waals surface area contributed by atoms with Crippen molar-refractivity contribution in [1.82, 2.24) is 9.97 Å². The monoisotopic (exact) mass is 455 g/mol. The fraction of sp³-hybridized carbons (Fsp3) is 0.379. The van der Waals surface area contributed by atoms with Gasteiger partial charge >= 0.3 is 5.97 Å². The first-order valence-corrected chi connectivity index (χ1v) is 12.1. The van der Waals surface area contributed by atoms with E-state index >= 15 is 0 Å². The lowest BCUT2D eigenvalue weighted by molar-refractivity contribution is -0.143. The predicted octanol–water partition coefficient (Wildman–Crippen LogP) is 6.33. The molecule has 0 fully saturated rings. The van der Waals surface area contributed by atoms with E-state index in [1.165, 1.54) is 11.1 Å². The number of benzene rings is 2. The second-order valence-corrected chi connectivity index (χ2v) is 8.83. The number of nitrogens with zero attached hydrogens (tertiary/aromatic N) is 3. The van der Waals surface area contributed by atoms with Gasteiger partial charge in [0.25, 0.3) is 0 Å². The fourth-order valence-electron chi connectivity index (χ4n) is 4.27. The summed E-state index contributed by atoms with van der Waals surface area (Å²) in [4.78, 5) is 20.9. The lowest BCUT2D eigenvalue weighted by Gasteiger charge is -2.14. The lowest BCUT2D eigenvalue weighted by atomic mass is 9.92. The fourth-order valence-corrected chi connectivity index (χ4v) is 4.27. The SMILES string of the molecule is CCOC(=O)CCCc1cccc(-c2cnc(-c3ccc(CC(C)C)c(C#N)c3)nc2)c1CC. The second-order valence-electron chi connectivity index (χ2n) is 8.83. The minimum absolute atomic E-state index is 0.141. The van der Waals surface area contributed by atoms with Gasteiger partial charge in [-0.05, 0) is 66.8 Å². The standard InChI is InChI=1S/C29H33N3O2/c1-5-26-21(10-8-12-28(33)34-6-2)9-7-11-27(26)25-18-31-29(32-19-25)23-14-13-22(15-20(3)4)24(16-23)17-30/h7,9,11,13-14,16,18-20H,5-6,8,10,12,15H2,1-4H3. The van der Waals surface area contributed by atoms with Crippen molar-refractivity contribution < 1.29 is 9.53 Å². The zero-order chi connectivity index (χ0) is 24.5. The Morgan fingerprint density at radius 2 is 1.82 bits per heavy atom. The van der Waals surface area contributed by atoms with Gasteiger partial charge in [0, 0.05) is 29.9 Å². The first kappa shape index (κ1) is 25.1. The van der Waals surface area contributed by atoms with Crippen LogP contribution in [-0.4, -0.2) is 22.5 Å². The highest BCUT2D eigenvalue weighted by Gasteiger charge is 2.13. The van der Waals surface area contributed by atoms with E-state index in [0.717, 1.165) is 47.9 Å². The van der Waals surface area contributed by atoms with Crippen LogP contribution >= 0.6 is 0 Å². The Morgan fingerprint density at radius 3 is 2.47 bits per heavy atom. The van der Waals surface area contributed by atoms with E-state index in [-0.39, 0.29) is 5.97 Å². The van der Waals surface area contributed by atoms with Crippen LogP contribution in [0.2, 0.25) is 0 Å². The molecule has 0 saturated heterocycles. The van der Waals surface area contributed by atoms with Crippen LogP contribution in [-0.2, 0) is 28.8 Å². The maximum atomic E-state index is 11.7. The average molecular weight is 456 g/mol. The van der Waals surface area contributed by atoms with Crippen LogP contribution in [0.3, 0.4) is 0 Å². The van der Waals surface area contributed by atoms with E-state index in [1.807, 2.05) is 37.5 Å². The number of esters is 1. The van der Waals surface area contributed by atoms with E-state index < -0.39 is 0 Å². The molecule has 0 aliphatic carbocycles. The molecule has 34 heavy (non-hydrogen) atoms. The average Bonchev–Trinajstić information content (AvgIpc) is 2.84. The first-order valence-electron chi connectivity index (χ1n) is 12.1. The van der Waals surface area contributed by atoms with E-state index in [2.05, 4.69) is 55.0 Å². The second kappa shape index (κ2) is 12.1. The van der Waals surface area contributed by atoms with Crippen LogP contribution in [0.5, 0.6) is 0 Å². The number of carbonyl (C=O) groups is 1. The molecule has 0 N–H and O–H groups in total. The molecule has 5 heteroatoms. The molecule has 5 nitrogen and oxygen atoms in total. The van der Waals surface area contributed by atoms with Crippen LogP contribution < -0.4 is 0 Å². The van der Waals surface area contributed by atoms with E-state index in [0.29, 0.717) is 30.3 Å². The third kappa shape index (κ3) is 6.29. The molecule has 0 radical (unpaired) electrons. The zero-order valence-corrected chi connectivity index (χ0v) is 20.6. The van der Waals surface area contributed by atoms with Gasteiger partial charge in [-0.25, -0.2) is 9.97 Å². The Hall–Kier alpha value is -3.52. The van der Waals surface area contributed by atoms with Crippen molar-refractivity contribution in [2.45, 2.75) is 59.8 Å². The molecule has 3 rings (SSSR count). The number of aromatic nitrogens is 2. The minimum atomic E-state index is -0.141. The number of nitriles is 1. The number of aryl methyl sites for hydroxylation is 1. The van der Waals surface area contributed by atoms with Crippen LogP contribution in [0.15, 0.2) is 48.8 Å². The first-order chi connectivity index (χ1) is 16.5. The van der Waals surface area contributed by atoms with Crippen LogP contribution in [0, 0.1) is 17.2 Å². The summed E-state index contributed by atoms with van der Waals surface area (Å²) in [5, 5.41) is 9.58. The predicted molar refractivity (Wildman–Crippen MR) is 135 cm³/mol. The molecule has 0 spiro atoms. The molecule has 1 aromatic heterocycles. The summed E-state index contributed by atoms with van der Waals surface area (Å²) in [6.07, 6.45) is 7.49. The van der Waals surface area contributed by atoms with Crippen molar-refractivity contribution >= 4 is 5.97 Å². The third-order valence-electron chi connectivity index (χ3n) is 5.84. The number of ether oxygens (including phenoxy) is 1.